The van der Waals surface area contributed by atoms with Crippen molar-refractivity contribution < 1.29 is 9.59 Å². The summed E-state index contributed by atoms with van der Waals surface area (Å²) in [5.74, 6) is 0.745. The normalized spacial score (nSPS) is 13.8. The molecule has 4 N–H and O–H groups in total. The van der Waals surface area contributed by atoms with Gasteiger partial charge in [0.25, 0.3) is 5.91 Å². The number of rotatable bonds is 9. The first-order valence-electron chi connectivity index (χ1n) is 9.04. The van der Waals surface area contributed by atoms with Crippen molar-refractivity contribution in [1.29, 1.82) is 0 Å². The van der Waals surface area contributed by atoms with Crippen molar-refractivity contribution in [2.45, 2.75) is 19.8 Å². The van der Waals surface area contributed by atoms with Gasteiger partial charge in [-0.05, 0) is 38.0 Å². The summed E-state index contributed by atoms with van der Waals surface area (Å²) in [4.78, 5) is 28.0. The van der Waals surface area contributed by atoms with Crippen LogP contribution in [-0.4, -0.2) is 50.5 Å². The van der Waals surface area contributed by atoms with Gasteiger partial charge in [0, 0.05) is 37.7 Å². The van der Waals surface area contributed by atoms with E-state index in [1.165, 1.54) is 6.07 Å². The van der Waals surface area contributed by atoms with Gasteiger partial charge in [-0.2, -0.15) is 0 Å². The maximum absolute atomic E-state index is 12.1. The molecule has 1 aliphatic rings. The Hall–Kier alpha value is -1.99. The number of benzene rings is 1. The summed E-state index contributed by atoms with van der Waals surface area (Å²) < 4.78 is 0. The Labute approximate surface area is 169 Å². The fraction of sp³-hybridized carbons (Fsp3) is 0.500. The van der Waals surface area contributed by atoms with Crippen molar-refractivity contribution in [2.75, 3.05) is 32.7 Å². The summed E-state index contributed by atoms with van der Waals surface area (Å²) in [6.07, 6.45) is 1.99. The molecule has 2 rings (SSSR count). The van der Waals surface area contributed by atoms with Crippen LogP contribution < -0.4 is 21.3 Å². The Morgan fingerprint density at radius 2 is 1.78 bits per heavy atom. The number of guanidine groups is 1. The average molecular weight is 414 g/mol. The lowest BCUT2D eigenvalue weighted by Crippen LogP contribution is -2.42. The lowest BCUT2D eigenvalue weighted by Gasteiger charge is -2.12. The highest BCUT2D eigenvalue weighted by Crippen LogP contribution is 2.28. The number of carbonyl (C=O) groups excluding carboxylic acids is 2. The number of amides is 2. The number of carbonyl (C=O) groups is 2. The Kier molecular flexibility index (Phi) is 8.67. The molecule has 0 aliphatic heterocycles. The lowest BCUT2D eigenvalue weighted by molar-refractivity contribution is -0.122. The number of halogens is 2. The molecular weight excluding hydrogens is 389 g/mol. The van der Waals surface area contributed by atoms with E-state index in [0.717, 1.165) is 19.4 Å². The minimum Gasteiger partial charge on any atom is -0.357 e. The summed E-state index contributed by atoms with van der Waals surface area (Å²) >= 11 is 11.8. The van der Waals surface area contributed by atoms with Gasteiger partial charge < -0.3 is 21.3 Å². The minimum absolute atomic E-state index is 0.119. The highest BCUT2D eigenvalue weighted by Gasteiger charge is 2.28. The molecular formula is C18H25Cl2N5O2. The third-order valence-electron chi connectivity index (χ3n) is 3.86. The van der Waals surface area contributed by atoms with Crippen molar-refractivity contribution in [3.8, 4) is 0 Å². The second-order valence-corrected chi connectivity index (χ2v) is 6.95. The zero-order chi connectivity index (χ0) is 19.6. The van der Waals surface area contributed by atoms with Gasteiger partial charge in [-0.3, -0.25) is 14.6 Å². The quantitative estimate of drug-likeness (QED) is 0.282. The summed E-state index contributed by atoms with van der Waals surface area (Å²) in [5.41, 5.74) is 0.455. The topological polar surface area (TPSA) is 94.6 Å². The van der Waals surface area contributed by atoms with E-state index < -0.39 is 0 Å². The van der Waals surface area contributed by atoms with Crippen molar-refractivity contribution in [3.05, 3.63) is 33.8 Å². The van der Waals surface area contributed by atoms with Crippen LogP contribution in [0.25, 0.3) is 0 Å². The van der Waals surface area contributed by atoms with Crippen molar-refractivity contribution >= 4 is 41.0 Å². The van der Waals surface area contributed by atoms with Crippen LogP contribution in [0.15, 0.2) is 23.2 Å². The molecule has 1 saturated carbocycles. The monoisotopic (exact) mass is 413 g/mol. The molecule has 27 heavy (non-hydrogen) atoms. The lowest BCUT2D eigenvalue weighted by atomic mass is 10.2. The zero-order valence-corrected chi connectivity index (χ0v) is 16.8. The molecule has 1 aliphatic carbocycles. The average Bonchev–Trinajstić information content (AvgIpc) is 3.49. The van der Waals surface area contributed by atoms with Gasteiger partial charge >= 0.3 is 0 Å². The van der Waals surface area contributed by atoms with Crippen LogP contribution in [-0.2, 0) is 4.79 Å². The standard InChI is InChI=1S/C18H25Cl2N5O2/c1-2-21-18(24-9-7-22-16(26)12-3-4-12)25-10-8-23-17(27)13-5-6-14(19)15(20)11-13/h5-6,11-12H,2-4,7-10H2,1H3,(H,22,26)(H,23,27)(H2,21,24,25). The summed E-state index contributed by atoms with van der Waals surface area (Å²) in [6, 6.07) is 4.75. The van der Waals surface area contributed by atoms with Crippen molar-refractivity contribution in [3.63, 3.8) is 0 Å². The third kappa shape index (κ3) is 7.64. The summed E-state index contributed by atoms with van der Waals surface area (Å²) in [7, 11) is 0. The predicted octanol–water partition coefficient (Wildman–Crippen LogP) is 1.80. The van der Waals surface area contributed by atoms with Gasteiger partial charge in [0.05, 0.1) is 16.6 Å². The maximum atomic E-state index is 12.1. The van der Waals surface area contributed by atoms with E-state index in [1.807, 2.05) is 6.92 Å². The minimum atomic E-state index is -0.222. The molecule has 1 aromatic carbocycles. The molecule has 0 atom stereocenters. The van der Waals surface area contributed by atoms with E-state index in [9.17, 15) is 9.59 Å². The number of hydrogen-bond acceptors (Lipinski definition) is 3. The van der Waals surface area contributed by atoms with E-state index in [2.05, 4.69) is 26.3 Å². The van der Waals surface area contributed by atoms with Gasteiger partial charge in [-0.25, -0.2) is 0 Å². The van der Waals surface area contributed by atoms with Crippen LogP contribution >= 0.6 is 23.2 Å². The van der Waals surface area contributed by atoms with E-state index in [1.54, 1.807) is 12.1 Å². The Balaban J connectivity index is 1.68. The molecule has 0 bridgehead atoms. The molecule has 7 nitrogen and oxygen atoms in total. The van der Waals surface area contributed by atoms with Gasteiger partial charge in [-0.15, -0.1) is 0 Å². The van der Waals surface area contributed by atoms with Crippen molar-refractivity contribution in [2.24, 2.45) is 10.9 Å². The van der Waals surface area contributed by atoms with Crippen LogP contribution in [0.2, 0.25) is 10.0 Å². The smallest absolute Gasteiger partial charge is 0.251 e. The molecule has 0 radical (unpaired) electrons. The van der Waals surface area contributed by atoms with Crippen LogP contribution in [0.1, 0.15) is 30.1 Å². The maximum Gasteiger partial charge on any atom is 0.251 e. The molecule has 0 saturated heterocycles. The first kappa shape index (κ1) is 21.3. The van der Waals surface area contributed by atoms with Crippen LogP contribution in [0.3, 0.4) is 0 Å². The molecule has 0 spiro atoms. The third-order valence-corrected chi connectivity index (χ3v) is 4.60. The predicted molar refractivity (Wildman–Crippen MR) is 109 cm³/mol. The fourth-order valence-corrected chi connectivity index (χ4v) is 2.57. The molecule has 1 fully saturated rings. The van der Waals surface area contributed by atoms with Gasteiger partial charge in [-0.1, -0.05) is 23.2 Å². The van der Waals surface area contributed by atoms with Gasteiger partial charge in [0.1, 0.15) is 0 Å². The molecule has 0 unspecified atom stereocenters. The van der Waals surface area contributed by atoms with E-state index >= 15 is 0 Å². The van der Waals surface area contributed by atoms with Crippen LogP contribution in [0, 0.1) is 5.92 Å². The fourth-order valence-electron chi connectivity index (χ4n) is 2.27. The molecule has 148 valence electrons. The Bertz CT molecular complexity index is 692. The number of aliphatic imine (C=N–C) groups is 1. The van der Waals surface area contributed by atoms with E-state index in [4.69, 9.17) is 23.2 Å². The van der Waals surface area contributed by atoms with Gasteiger partial charge in [0.2, 0.25) is 5.91 Å². The number of hydrogen-bond donors (Lipinski definition) is 4. The second kappa shape index (κ2) is 11.0. The first-order chi connectivity index (χ1) is 13.0. The largest absolute Gasteiger partial charge is 0.357 e. The molecule has 0 heterocycles. The second-order valence-electron chi connectivity index (χ2n) is 6.14. The first-order valence-corrected chi connectivity index (χ1v) is 9.80. The number of nitrogens with zero attached hydrogens (tertiary/aromatic N) is 1. The molecule has 1 aromatic rings. The van der Waals surface area contributed by atoms with Crippen LogP contribution in [0.4, 0.5) is 0 Å². The van der Waals surface area contributed by atoms with E-state index in [-0.39, 0.29) is 17.7 Å². The molecule has 9 heteroatoms. The van der Waals surface area contributed by atoms with E-state index in [0.29, 0.717) is 47.7 Å². The van der Waals surface area contributed by atoms with Gasteiger partial charge in [0.15, 0.2) is 5.96 Å². The Morgan fingerprint density at radius 1 is 1.04 bits per heavy atom. The number of nitrogens with one attached hydrogen (secondary N) is 4. The Morgan fingerprint density at radius 3 is 2.44 bits per heavy atom. The highest BCUT2D eigenvalue weighted by atomic mass is 35.5. The molecule has 2 amide bonds. The SMILES string of the molecule is CCNC(=NCCNC(=O)C1CC1)NCCNC(=O)c1ccc(Cl)c(Cl)c1. The highest BCUT2D eigenvalue weighted by molar-refractivity contribution is 6.42. The van der Waals surface area contributed by atoms with Crippen molar-refractivity contribution in [1.82, 2.24) is 21.3 Å². The zero-order valence-electron chi connectivity index (χ0n) is 15.3. The summed E-state index contributed by atoms with van der Waals surface area (Å²) in [6.45, 7) is 4.62. The van der Waals surface area contributed by atoms with Crippen LogP contribution in [0.5, 0.6) is 0 Å². The molecule has 0 aromatic heterocycles. The summed E-state index contributed by atoms with van der Waals surface area (Å²) in [5, 5.41) is 12.7.